The van der Waals surface area contributed by atoms with E-state index in [1.54, 1.807) is 13.3 Å². The summed E-state index contributed by atoms with van der Waals surface area (Å²) in [6.07, 6.45) is 2.22. The summed E-state index contributed by atoms with van der Waals surface area (Å²) in [5.41, 5.74) is 6.43. The lowest BCUT2D eigenvalue weighted by Crippen LogP contribution is -2.40. The lowest BCUT2D eigenvalue weighted by atomic mass is 10.3. The molecule has 1 unspecified atom stereocenters. The fourth-order valence-corrected chi connectivity index (χ4v) is 1.81. The number of hydrogen-bond donors (Lipinski definition) is 2. The molecule has 0 radical (unpaired) electrons. The van der Waals surface area contributed by atoms with Gasteiger partial charge in [-0.15, -0.1) is 0 Å². The van der Waals surface area contributed by atoms with Crippen molar-refractivity contribution in [2.75, 3.05) is 20.3 Å². The summed E-state index contributed by atoms with van der Waals surface area (Å²) in [5.74, 6) is 1.35. The molecule has 1 atom stereocenters. The highest BCUT2D eigenvalue weighted by molar-refractivity contribution is 5.78. The topological polar surface area (TPSA) is 111 Å². The fraction of sp³-hybridized carbons (Fsp3) is 0.429. The zero-order chi connectivity index (χ0) is 15.8. The molecule has 8 nitrogen and oxygen atoms in total. The van der Waals surface area contributed by atoms with E-state index in [-0.39, 0.29) is 6.04 Å². The summed E-state index contributed by atoms with van der Waals surface area (Å²) in [6, 6.07) is 5.61. The van der Waals surface area contributed by atoms with Crippen molar-refractivity contribution in [1.29, 1.82) is 0 Å². The maximum Gasteiger partial charge on any atom is 0.276 e. The van der Waals surface area contributed by atoms with Gasteiger partial charge in [-0.2, -0.15) is 4.98 Å². The first-order valence-corrected chi connectivity index (χ1v) is 6.98. The highest BCUT2D eigenvalue weighted by Gasteiger charge is 2.09. The summed E-state index contributed by atoms with van der Waals surface area (Å²) in [5, 5.41) is 6.93. The molecule has 0 bridgehead atoms. The van der Waals surface area contributed by atoms with E-state index in [4.69, 9.17) is 15.0 Å². The van der Waals surface area contributed by atoms with Crippen LogP contribution in [-0.4, -0.2) is 47.4 Å². The molecular formula is C14H20N6O2. The van der Waals surface area contributed by atoms with E-state index in [0.29, 0.717) is 42.9 Å². The lowest BCUT2D eigenvalue weighted by Gasteiger charge is -2.12. The molecule has 2 aromatic heterocycles. The predicted molar refractivity (Wildman–Crippen MR) is 82.2 cm³/mol. The normalized spacial score (nSPS) is 13.1. The van der Waals surface area contributed by atoms with Gasteiger partial charge in [0, 0.05) is 32.3 Å². The Balaban J connectivity index is 1.84. The lowest BCUT2D eigenvalue weighted by molar-refractivity contribution is 0.179. The second-order valence-corrected chi connectivity index (χ2v) is 4.75. The van der Waals surface area contributed by atoms with Crippen LogP contribution >= 0.6 is 0 Å². The maximum atomic E-state index is 5.77. The Kier molecular flexibility index (Phi) is 5.84. The van der Waals surface area contributed by atoms with Crippen LogP contribution < -0.4 is 11.1 Å². The van der Waals surface area contributed by atoms with E-state index in [1.165, 1.54) is 0 Å². The number of nitrogens with zero attached hydrogens (tertiary/aromatic N) is 4. The van der Waals surface area contributed by atoms with Gasteiger partial charge in [0.25, 0.3) is 5.89 Å². The molecule has 118 valence electrons. The van der Waals surface area contributed by atoms with Crippen molar-refractivity contribution < 1.29 is 9.26 Å². The van der Waals surface area contributed by atoms with Crippen LogP contribution in [0.15, 0.2) is 33.9 Å². The molecule has 0 aliphatic carbocycles. The van der Waals surface area contributed by atoms with Gasteiger partial charge < -0.3 is 20.3 Å². The number of rotatable bonds is 7. The van der Waals surface area contributed by atoms with Crippen molar-refractivity contribution in [1.82, 2.24) is 20.4 Å². The molecule has 0 saturated heterocycles. The SMILES string of the molecule is COCC(C)NC(N)=NCCc1noc(-c2ccccn2)n1. The molecule has 0 spiro atoms. The Hall–Kier alpha value is -2.48. The number of hydrogen-bond acceptors (Lipinski definition) is 6. The number of aromatic nitrogens is 3. The minimum Gasteiger partial charge on any atom is -0.383 e. The molecule has 0 amide bonds. The molecule has 0 aliphatic rings. The molecule has 0 fully saturated rings. The van der Waals surface area contributed by atoms with E-state index in [9.17, 15) is 0 Å². The summed E-state index contributed by atoms with van der Waals surface area (Å²) in [6.45, 7) is 3.00. The number of nitrogens with one attached hydrogen (secondary N) is 1. The molecular weight excluding hydrogens is 284 g/mol. The molecule has 2 aromatic rings. The highest BCUT2D eigenvalue weighted by atomic mass is 16.5. The van der Waals surface area contributed by atoms with E-state index in [1.807, 2.05) is 25.1 Å². The monoisotopic (exact) mass is 304 g/mol. The van der Waals surface area contributed by atoms with Crippen LogP contribution in [0.1, 0.15) is 12.7 Å². The van der Waals surface area contributed by atoms with E-state index < -0.39 is 0 Å². The first kappa shape index (κ1) is 15.9. The molecule has 3 N–H and O–H groups in total. The van der Waals surface area contributed by atoms with Crippen molar-refractivity contribution in [3.8, 4) is 11.6 Å². The zero-order valence-corrected chi connectivity index (χ0v) is 12.7. The first-order chi connectivity index (χ1) is 10.7. The Labute approximate surface area is 128 Å². The average molecular weight is 304 g/mol. The van der Waals surface area contributed by atoms with Crippen LogP contribution in [0.5, 0.6) is 0 Å². The summed E-state index contributed by atoms with van der Waals surface area (Å²) < 4.78 is 10.2. The molecule has 0 aliphatic heterocycles. The smallest absolute Gasteiger partial charge is 0.276 e. The number of nitrogens with two attached hydrogens (primary N) is 1. The number of guanidine groups is 1. The zero-order valence-electron chi connectivity index (χ0n) is 12.7. The second-order valence-electron chi connectivity index (χ2n) is 4.75. The van der Waals surface area contributed by atoms with Gasteiger partial charge in [-0.3, -0.25) is 9.98 Å². The van der Waals surface area contributed by atoms with E-state index in [0.717, 1.165) is 0 Å². The molecule has 0 saturated carbocycles. The Bertz CT molecular complexity index is 598. The second kappa shape index (κ2) is 8.08. The third-order valence-corrected chi connectivity index (χ3v) is 2.78. The Morgan fingerprint density at radius 3 is 3.09 bits per heavy atom. The number of pyridine rings is 1. The molecule has 0 aromatic carbocycles. The van der Waals surface area contributed by atoms with Crippen molar-refractivity contribution >= 4 is 5.96 Å². The van der Waals surface area contributed by atoms with Crippen molar-refractivity contribution in [3.63, 3.8) is 0 Å². The fourth-order valence-electron chi connectivity index (χ4n) is 1.81. The van der Waals surface area contributed by atoms with Crippen molar-refractivity contribution in [2.45, 2.75) is 19.4 Å². The van der Waals surface area contributed by atoms with Gasteiger partial charge in [-0.25, -0.2) is 0 Å². The van der Waals surface area contributed by atoms with Gasteiger partial charge in [-0.1, -0.05) is 11.2 Å². The minimum absolute atomic E-state index is 0.106. The van der Waals surface area contributed by atoms with E-state index >= 15 is 0 Å². The molecule has 2 heterocycles. The number of methoxy groups -OCH3 is 1. The standard InChI is InChI=1S/C14H20N6O2/c1-10(9-21-2)18-14(15)17-8-6-12-19-13(22-20-12)11-5-3-4-7-16-11/h3-5,7,10H,6,8-9H2,1-2H3,(H3,15,17,18). The summed E-state index contributed by atoms with van der Waals surface area (Å²) >= 11 is 0. The summed E-state index contributed by atoms with van der Waals surface area (Å²) in [7, 11) is 1.64. The van der Waals surface area contributed by atoms with Crippen LogP contribution in [0.3, 0.4) is 0 Å². The van der Waals surface area contributed by atoms with Crippen molar-refractivity contribution in [3.05, 3.63) is 30.2 Å². The minimum atomic E-state index is 0.106. The largest absolute Gasteiger partial charge is 0.383 e. The van der Waals surface area contributed by atoms with Crippen molar-refractivity contribution in [2.24, 2.45) is 10.7 Å². The highest BCUT2D eigenvalue weighted by Crippen LogP contribution is 2.13. The number of ether oxygens (including phenoxy) is 1. The van der Waals surface area contributed by atoms with E-state index in [2.05, 4.69) is 25.4 Å². The molecule has 22 heavy (non-hydrogen) atoms. The number of aliphatic imine (C=N–C) groups is 1. The maximum absolute atomic E-state index is 5.77. The Morgan fingerprint density at radius 2 is 2.36 bits per heavy atom. The Morgan fingerprint density at radius 1 is 1.50 bits per heavy atom. The molecule has 2 rings (SSSR count). The predicted octanol–water partition coefficient (Wildman–Crippen LogP) is 0.613. The van der Waals surface area contributed by atoms with Gasteiger partial charge >= 0.3 is 0 Å². The average Bonchev–Trinajstić information content (AvgIpc) is 2.97. The van der Waals surface area contributed by atoms with Crippen LogP contribution in [0.4, 0.5) is 0 Å². The van der Waals surface area contributed by atoms with Crippen LogP contribution in [0, 0.1) is 0 Å². The third-order valence-electron chi connectivity index (χ3n) is 2.78. The third kappa shape index (κ3) is 4.81. The van der Waals surface area contributed by atoms with Crippen LogP contribution in [0.2, 0.25) is 0 Å². The van der Waals surface area contributed by atoms with Gasteiger partial charge in [-0.05, 0) is 19.1 Å². The van der Waals surface area contributed by atoms with Crippen LogP contribution in [-0.2, 0) is 11.2 Å². The van der Waals surface area contributed by atoms with Gasteiger partial charge in [0.2, 0.25) is 0 Å². The van der Waals surface area contributed by atoms with Gasteiger partial charge in [0.1, 0.15) is 5.69 Å². The van der Waals surface area contributed by atoms with Gasteiger partial charge in [0.05, 0.1) is 6.61 Å². The first-order valence-electron chi connectivity index (χ1n) is 6.98. The summed E-state index contributed by atoms with van der Waals surface area (Å²) in [4.78, 5) is 12.6. The quantitative estimate of drug-likeness (QED) is 0.569. The van der Waals surface area contributed by atoms with Gasteiger partial charge in [0.15, 0.2) is 11.8 Å². The van der Waals surface area contributed by atoms with Crippen LogP contribution in [0.25, 0.3) is 11.6 Å². The molecule has 8 heteroatoms.